The molecule has 2 atom stereocenters. The van der Waals surface area contributed by atoms with Crippen molar-refractivity contribution >= 4 is 5.78 Å². The first-order chi connectivity index (χ1) is 5.75. The maximum Gasteiger partial charge on any atom is 0.134 e. The van der Waals surface area contributed by atoms with E-state index >= 15 is 0 Å². The standard InChI is InChI=1S/C11H16O/c1-3-6-10-7-4-5-8-11(10)9(2)12/h10-11H,4-5,7-8H2,1-2H3/t10-,11+/m0/s1. The van der Waals surface area contributed by atoms with Crippen LogP contribution in [-0.4, -0.2) is 5.78 Å². The van der Waals surface area contributed by atoms with Crippen LogP contribution in [0.5, 0.6) is 0 Å². The molecule has 0 aromatic carbocycles. The molecule has 0 unspecified atom stereocenters. The summed E-state index contributed by atoms with van der Waals surface area (Å²) in [6.45, 7) is 3.55. The van der Waals surface area contributed by atoms with Gasteiger partial charge in [-0.2, -0.15) is 0 Å². The molecule has 0 amide bonds. The molecule has 1 saturated carbocycles. The van der Waals surface area contributed by atoms with Crippen molar-refractivity contribution in [3.05, 3.63) is 0 Å². The number of rotatable bonds is 1. The van der Waals surface area contributed by atoms with E-state index in [2.05, 4.69) is 11.8 Å². The summed E-state index contributed by atoms with van der Waals surface area (Å²) in [5, 5.41) is 0. The van der Waals surface area contributed by atoms with Gasteiger partial charge in [-0.1, -0.05) is 18.8 Å². The lowest BCUT2D eigenvalue weighted by Crippen LogP contribution is -2.24. The highest BCUT2D eigenvalue weighted by Crippen LogP contribution is 2.29. The Kier molecular flexibility index (Phi) is 3.34. The van der Waals surface area contributed by atoms with E-state index in [9.17, 15) is 4.79 Å². The Morgan fingerprint density at radius 3 is 2.58 bits per heavy atom. The molecule has 0 aromatic rings. The van der Waals surface area contributed by atoms with E-state index in [1.807, 2.05) is 6.92 Å². The van der Waals surface area contributed by atoms with Crippen molar-refractivity contribution in [2.75, 3.05) is 0 Å². The van der Waals surface area contributed by atoms with Crippen LogP contribution in [0.3, 0.4) is 0 Å². The number of ketones is 1. The fraction of sp³-hybridized carbons (Fsp3) is 0.727. The maximum absolute atomic E-state index is 11.2. The van der Waals surface area contributed by atoms with E-state index < -0.39 is 0 Å². The van der Waals surface area contributed by atoms with E-state index in [4.69, 9.17) is 0 Å². The zero-order valence-corrected chi connectivity index (χ0v) is 7.89. The Labute approximate surface area is 74.5 Å². The quantitative estimate of drug-likeness (QED) is 0.544. The average molecular weight is 164 g/mol. The molecule has 12 heavy (non-hydrogen) atoms. The van der Waals surface area contributed by atoms with E-state index in [0.717, 1.165) is 12.8 Å². The topological polar surface area (TPSA) is 17.1 Å². The molecule has 0 aliphatic heterocycles. The van der Waals surface area contributed by atoms with Gasteiger partial charge in [-0.25, -0.2) is 0 Å². The molecule has 0 N–H and O–H groups in total. The molecule has 0 heterocycles. The molecular formula is C11H16O. The molecule has 0 bridgehead atoms. The van der Waals surface area contributed by atoms with Crippen molar-refractivity contribution in [1.82, 2.24) is 0 Å². The van der Waals surface area contributed by atoms with Crippen molar-refractivity contribution < 1.29 is 4.79 Å². The van der Waals surface area contributed by atoms with Gasteiger partial charge in [-0.3, -0.25) is 4.79 Å². The SMILES string of the molecule is CC#C[C@H]1CCCC[C@@H]1C(C)=O. The maximum atomic E-state index is 11.2. The van der Waals surface area contributed by atoms with Crippen LogP contribution >= 0.6 is 0 Å². The fourth-order valence-corrected chi connectivity index (χ4v) is 1.98. The molecule has 0 spiro atoms. The van der Waals surface area contributed by atoms with Gasteiger partial charge >= 0.3 is 0 Å². The summed E-state index contributed by atoms with van der Waals surface area (Å²) >= 11 is 0. The largest absolute Gasteiger partial charge is 0.300 e. The first kappa shape index (κ1) is 9.32. The smallest absolute Gasteiger partial charge is 0.134 e. The Bertz CT molecular complexity index is 219. The third-order valence-electron chi connectivity index (χ3n) is 2.62. The minimum absolute atomic E-state index is 0.228. The van der Waals surface area contributed by atoms with Crippen LogP contribution < -0.4 is 0 Å². The molecule has 0 saturated heterocycles. The second kappa shape index (κ2) is 4.30. The van der Waals surface area contributed by atoms with Gasteiger partial charge in [-0.05, 0) is 26.7 Å². The molecule has 1 aliphatic rings. The summed E-state index contributed by atoms with van der Waals surface area (Å²) in [6.07, 6.45) is 4.61. The molecule has 0 radical (unpaired) electrons. The van der Waals surface area contributed by atoms with Crippen LogP contribution in [-0.2, 0) is 4.79 Å². The first-order valence-electron chi connectivity index (χ1n) is 4.68. The summed E-state index contributed by atoms with van der Waals surface area (Å²) in [6, 6.07) is 0. The Morgan fingerprint density at radius 1 is 1.33 bits per heavy atom. The van der Waals surface area contributed by atoms with Crippen LogP contribution in [0, 0.1) is 23.7 Å². The predicted octanol–water partition coefficient (Wildman–Crippen LogP) is 2.41. The molecule has 0 aromatic heterocycles. The number of hydrogen-bond donors (Lipinski definition) is 0. The van der Waals surface area contributed by atoms with Gasteiger partial charge in [0.1, 0.15) is 5.78 Å². The number of carbonyl (C=O) groups excluding carboxylic acids is 1. The summed E-state index contributed by atoms with van der Waals surface area (Å²) < 4.78 is 0. The van der Waals surface area contributed by atoms with Gasteiger partial charge in [0.05, 0.1) is 0 Å². The molecule has 66 valence electrons. The van der Waals surface area contributed by atoms with Gasteiger partial charge < -0.3 is 0 Å². The molecule has 1 nitrogen and oxygen atoms in total. The Hall–Kier alpha value is -0.770. The highest BCUT2D eigenvalue weighted by molar-refractivity contribution is 5.79. The number of Topliss-reactive ketones (excluding diaryl/α,β-unsaturated/α-hetero) is 1. The van der Waals surface area contributed by atoms with E-state index in [0.29, 0.717) is 11.7 Å². The molecule has 1 aliphatic carbocycles. The van der Waals surface area contributed by atoms with Crippen LogP contribution in [0.1, 0.15) is 39.5 Å². The molecule has 1 heteroatoms. The first-order valence-corrected chi connectivity index (χ1v) is 4.68. The molecule has 1 rings (SSSR count). The van der Waals surface area contributed by atoms with Crippen LogP contribution in [0.25, 0.3) is 0 Å². The van der Waals surface area contributed by atoms with Gasteiger partial charge in [0, 0.05) is 11.8 Å². The van der Waals surface area contributed by atoms with Crippen molar-refractivity contribution in [3.63, 3.8) is 0 Å². The second-order valence-corrected chi connectivity index (χ2v) is 3.50. The summed E-state index contributed by atoms with van der Waals surface area (Å²) in [7, 11) is 0. The predicted molar refractivity (Wildman–Crippen MR) is 49.6 cm³/mol. The second-order valence-electron chi connectivity index (χ2n) is 3.50. The van der Waals surface area contributed by atoms with Crippen molar-refractivity contribution in [1.29, 1.82) is 0 Å². The van der Waals surface area contributed by atoms with Crippen LogP contribution in [0.4, 0.5) is 0 Å². The lowest BCUT2D eigenvalue weighted by Gasteiger charge is -2.25. The van der Waals surface area contributed by atoms with Crippen LogP contribution in [0.2, 0.25) is 0 Å². The third-order valence-corrected chi connectivity index (χ3v) is 2.62. The highest BCUT2D eigenvalue weighted by atomic mass is 16.1. The van der Waals surface area contributed by atoms with Gasteiger partial charge in [0.15, 0.2) is 0 Å². The zero-order valence-electron chi connectivity index (χ0n) is 7.89. The lowest BCUT2D eigenvalue weighted by molar-refractivity contribution is -0.122. The summed E-state index contributed by atoms with van der Waals surface area (Å²) in [4.78, 5) is 11.2. The van der Waals surface area contributed by atoms with Gasteiger partial charge in [-0.15, -0.1) is 5.92 Å². The normalized spacial score (nSPS) is 28.8. The van der Waals surface area contributed by atoms with Crippen LogP contribution in [0.15, 0.2) is 0 Å². The minimum atomic E-state index is 0.228. The summed E-state index contributed by atoms with van der Waals surface area (Å²) in [5.41, 5.74) is 0. The molecular weight excluding hydrogens is 148 g/mol. The fourth-order valence-electron chi connectivity index (χ4n) is 1.98. The number of hydrogen-bond acceptors (Lipinski definition) is 1. The lowest BCUT2D eigenvalue weighted by atomic mass is 9.78. The van der Waals surface area contributed by atoms with Gasteiger partial charge in [0.2, 0.25) is 0 Å². The Balaban J connectivity index is 2.64. The van der Waals surface area contributed by atoms with Crippen molar-refractivity contribution in [2.45, 2.75) is 39.5 Å². The van der Waals surface area contributed by atoms with Crippen molar-refractivity contribution in [3.8, 4) is 11.8 Å². The van der Waals surface area contributed by atoms with E-state index in [1.54, 1.807) is 6.92 Å². The summed E-state index contributed by atoms with van der Waals surface area (Å²) in [5.74, 6) is 6.96. The van der Waals surface area contributed by atoms with E-state index in [1.165, 1.54) is 12.8 Å². The average Bonchev–Trinajstić information content (AvgIpc) is 2.05. The molecule has 1 fully saturated rings. The highest BCUT2D eigenvalue weighted by Gasteiger charge is 2.26. The Morgan fingerprint density at radius 2 is 2.00 bits per heavy atom. The van der Waals surface area contributed by atoms with Crippen molar-refractivity contribution in [2.24, 2.45) is 11.8 Å². The zero-order chi connectivity index (χ0) is 8.97. The number of carbonyl (C=O) groups is 1. The van der Waals surface area contributed by atoms with E-state index in [-0.39, 0.29) is 5.92 Å². The third kappa shape index (κ3) is 2.11. The van der Waals surface area contributed by atoms with Gasteiger partial charge in [0.25, 0.3) is 0 Å². The minimum Gasteiger partial charge on any atom is -0.300 e. The monoisotopic (exact) mass is 164 g/mol.